The van der Waals surface area contributed by atoms with Crippen molar-refractivity contribution in [2.75, 3.05) is 14.2 Å². The third-order valence-electron chi connectivity index (χ3n) is 4.76. The van der Waals surface area contributed by atoms with E-state index in [2.05, 4.69) is 0 Å². The minimum atomic E-state index is -0.613. The van der Waals surface area contributed by atoms with Gasteiger partial charge in [0, 0.05) is 22.6 Å². The van der Waals surface area contributed by atoms with Crippen LogP contribution in [0, 0.1) is 0 Å². The van der Waals surface area contributed by atoms with Gasteiger partial charge >= 0.3 is 0 Å². The monoisotopic (exact) mass is 408 g/mol. The summed E-state index contributed by atoms with van der Waals surface area (Å²) in [6.45, 7) is 0. The van der Waals surface area contributed by atoms with Gasteiger partial charge in [-0.3, -0.25) is 9.59 Å². The van der Waals surface area contributed by atoms with Gasteiger partial charge in [0.15, 0.2) is 11.6 Å². The van der Waals surface area contributed by atoms with E-state index < -0.39 is 5.92 Å². The standard InChI is InChI=1S/C24H21ClO4/c1-28-20-11-5-16(6-12-20)22(15-23(26)17-3-9-19(25)10-4-17)24(27)18-7-13-21(29-2)14-8-18/h3-14,22H,15H2,1-2H3. The fourth-order valence-corrected chi connectivity index (χ4v) is 3.22. The van der Waals surface area contributed by atoms with Crippen LogP contribution in [-0.4, -0.2) is 25.8 Å². The molecular weight excluding hydrogens is 388 g/mol. The summed E-state index contributed by atoms with van der Waals surface area (Å²) in [6.07, 6.45) is 0.0544. The van der Waals surface area contributed by atoms with Crippen molar-refractivity contribution in [2.24, 2.45) is 0 Å². The molecule has 0 bridgehead atoms. The highest BCUT2D eigenvalue weighted by atomic mass is 35.5. The summed E-state index contributed by atoms with van der Waals surface area (Å²) in [5, 5.41) is 0.558. The molecule has 4 nitrogen and oxygen atoms in total. The van der Waals surface area contributed by atoms with Gasteiger partial charge in [-0.1, -0.05) is 23.7 Å². The predicted molar refractivity (Wildman–Crippen MR) is 113 cm³/mol. The summed E-state index contributed by atoms with van der Waals surface area (Å²) in [5.41, 5.74) is 1.81. The molecule has 1 unspecified atom stereocenters. The molecule has 148 valence electrons. The van der Waals surface area contributed by atoms with E-state index in [0.717, 1.165) is 5.56 Å². The minimum Gasteiger partial charge on any atom is -0.497 e. The average molecular weight is 409 g/mol. The SMILES string of the molecule is COc1ccc(C(=O)C(CC(=O)c2ccc(Cl)cc2)c2ccc(OC)cc2)cc1. The summed E-state index contributed by atoms with van der Waals surface area (Å²) in [6, 6.07) is 20.8. The van der Waals surface area contributed by atoms with Gasteiger partial charge in [-0.25, -0.2) is 0 Å². The van der Waals surface area contributed by atoms with Gasteiger partial charge in [0.05, 0.1) is 20.1 Å². The third-order valence-corrected chi connectivity index (χ3v) is 5.02. The first-order chi connectivity index (χ1) is 14.0. The van der Waals surface area contributed by atoms with Crippen molar-refractivity contribution in [1.82, 2.24) is 0 Å². The molecule has 0 radical (unpaired) electrons. The van der Waals surface area contributed by atoms with Crippen LogP contribution in [0.15, 0.2) is 72.8 Å². The number of ketones is 2. The largest absolute Gasteiger partial charge is 0.497 e. The van der Waals surface area contributed by atoms with E-state index in [1.807, 2.05) is 12.1 Å². The Bertz CT molecular complexity index is 977. The van der Waals surface area contributed by atoms with E-state index in [9.17, 15) is 9.59 Å². The molecule has 0 amide bonds. The van der Waals surface area contributed by atoms with Crippen LogP contribution in [0.25, 0.3) is 0 Å². The molecule has 0 fully saturated rings. The van der Waals surface area contributed by atoms with E-state index in [1.165, 1.54) is 0 Å². The van der Waals surface area contributed by atoms with Crippen molar-refractivity contribution in [3.05, 3.63) is 94.5 Å². The summed E-state index contributed by atoms with van der Waals surface area (Å²) >= 11 is 5.91. The van der Waals surface area contributed by atoms with Gasteiger partial charge in [0.25, 0.3) is 0 Å². The Morgan fingerprint density at radius 2 is 1.24 bits per heavy atom. The van der Waals surface area contributed by atoms with Gasteiger partial charge < -0.3 is 9.47 Å². The smallest absolute Gasteiger partial charge is 0.170 e. The van der Waals surface area contributed by atoms with Crippen LogP contribution in [0.1, 0.15) is 38.6 Å². The molecule has 3 aromatic carbocycles. The number of hydrogen-bond donors (Lipinski definition) is 0. The molecule has 0 spiro atoms. The van der Waals surface area contributed by atoms with Crippen LogP contribution in [0.2, 0.25) is 5.02 Å². The molecule has 0 aliphatic rings. The van der Waals surface area contributed by atoms with E-state index in [1.54, 1.807) is 74.9 Å². The van der Waals surface area contributed by atoms with Gasteiger partial charge in [0.2, 0.25) is 0 Å². The quantitative estimate of drug-likeness (QED) is 0.455. The first-order valence-electron chi connectivity index (χ1n) is 9.13. The van der Waals surface area contributed by atoms with Crippen molar-refractivity contribution in [1.29, 1.82) is 0 Å². The average Bonchev–Trinajstić information content (AvgIpc) is 2.77. The maximum Gasteiger partial charge on any atom is 0.170 e. The van der Waals surface area contributed by atoms with Gasteiger partial charge in [-0.05, 0) is 66.2 Å². The lowest BCUT2D eigenvalue weighted by Crippen LogP contribution is -2.17. The molecule has 3 aromatic rings. The molecule has 3 rings (SSSR count). The molecule has 0 aliphatic carbocycles. The first kappa shape index (κ1) is 20.6. The molecular formula is C24H21ClO4. The number of hydrogen-bond acceptors (Lipinski definition) is 4. The highest BCUT2D eigenvalue weighted by Gasteiger charge is 2.25. The van der Waals surface area contributed by atoms with E-state index in [-0.39, 0.29) is 18.0 Å². The van der Waals surface area contributed by atoms with Crippen LogP contribution in [0.5, 0.6) is 11.5 Å². The molecule has 1 atom stereocenters. The number of halogens is 1. The molecule has 5 heteroatoms. The fraction of sp³-hybridized carbons (Fsp3) is 0.167. The Morgan fingerprint density at radius 3 is 1.76 bits per heavy atom. The van der Waals surface area contributed by atoms with Crippen molar-refractivity contribution in [3.63, 3.8) is 0 Å². The normalized spacial score (nSPS) is 11.6. The fourth-order valence-electron chi connectivity index (χ4n) is 3.09. The second kappa shape index (κ2) is 9.39. The molecule has 0 heterocycles. The Balaban J connectivity index is 1.92. The topological polar surface area (TPSA) is 52.6 Å². The van der Waals surface area contributed by atoms with Gasteiger partial charge in [-0.15, -0.1) is 0 Å². The number of carbonyl (C=O) groups is 2. The molecule has 0 saturated carbocycles. The summed E-state index contributed by atoms with van der Waals surface area (Å²) in [7, 11) is 3.15. The maximum absolute atomic E-state index is 13.3. The van der Waals surface area contributed by atoms with Crippen LogP contribution in [-0.2, 0) is 0 Å². The van der Waals surface area contributed by atoms with E-state index in [4.69, 9.17) is 21.1 Å². The number of benzene rings is 3. The predicted octanol–water partition coefficient (Wildman–Crippen LogP) is 5.60. The zero-order chi connectivity index (χ0) is 20.8. The number of Topliss-reactive ketones (excluding diaryl/α,β-unsaturated/α-hetero) is 2. The minimum absolute atomic E-state index is 0.0544. The van der Waals surface area contributed by atoms with Gasteiger partial charge in [-0.2, -0.15) is 0 Å². The number of rotatable bonds is 8. The van der Waals surface area contributed by atoms with Crippen LogP contribution >= 0.6 is 11.6 Å². The van der Waals surface area contributed by atoms with Crippen molar-refractivity contribution < 1.29 is 19.1 Å². The Labute approximate surface area is 175 Å². The maximum atomic E-state index is 13.3. The summed E-state index contributed by atoms with van der Waals surface area (Å²) in [5.74, 6) is 0.496. The molecule has 0 aliphatic heterocycles. The Hall–Kier alpha value is -3.11. The lowest BCUT2D eigenvalue weighted by atomic mass is 9.85. The zero-order valence-corrected chi connectivity index (χ0v) is 17.0. The highest BCUT2D eigenvalue weighted by Crippen LogP contribution is 2.29. The van der Waals surface area contributed by atoms with Crippen LogP contribution in [0.4, 0.5) is 0 Å². The lowest BCUT2D eigenvalue weighted by molar-refractivity contribution is 0.0893. The lowest BCUT2D eigenvalue weighted by Gasteiger charge is -2.17. The number of carbonyl (C=O) groups excluding carboxylic acids is 2. The Kier molecular flexibility index (Phi) is 6.68. The van der Waals surface area contributed by atoms with Gasteiger partial charge in [0.1, 0.15) is 11.5 Å². The second-order valence-corrected chi connectivity index (χ2v) is 6.99. The highest BCUT2D eigenvalue weighted by molar-refractivity contribution is 6.30. The molecule has 0 aromatic heterocycles. The van der Waals surface area contributed by atoms with Crippen LogP contribution in [0.3, 0.4) is 0 Å². The summed E-state index contributed by atoms with van der Waals surface area (Å²) in [4.78, 5) is 26.1. The number of methoxy groups -OCH3 is 2. The van der Waals surface area contributed by atoms with Crippen molar-refractivity contribution in [2.45, 2.75) is 12.3 Å². The van der Waals surface area contributed by atoms with Crippen molar-refractivity contribution >= 4 is 23.2 Å². The zero-order valence-electron chi connectivity index (χ0n) is 16.2. The Morgan fingerprint density at radius 1 is 0.759 bits per heavy atom. The van der Waals surface area contributed by atoms with Crippen LogP contribution < -0.4 is 9.47 Å². The first-order valence-corrected chi connectivity index (χ1v) is 9.50. The number of ether oxygens (including phenoxy) is 2. The van der Waals surface area contributed by atoms with E-state index >= 15 is 0 Å². The molecule has 29 heavy (non-hydrogen) atoms. The second-order valence-electron chi connectivity index (χ2n) is 6.55. The molecule has 0 saturated heterocycles. The van der Waals surface area contributed by atoms with E-state index in [0.29, 0.717) is 27.6 Å². The molecule has 0 N–H and O–H groups in total. The third kappa shape index (κ3) is 5.04. The summed E-state index contributed by atoms with van der Waals surface area (Å²) < 4.78 is 10.4. The van der Waals surface area contributed by atoms with Crippen molar-refractivity contribution in [3.8, 4) is 11.5 Å².